The number of phenols is 1. The lowest BCUT2D eigenvalue weighted by Crippen LogP contribution is -1.98. The van der Waals surface area contributed by atoms with E-state index in [1.54, 1.807) is 12.1 Å². The first-order valence-corrected chi connectivity index (χ1v) is 6.74. The minimum atomic E-state index is -0.165. The second-order valence-electron chi connectivity index (χ2n) is 5.09. The molecule has 0 aliphatic carbocycles. The quantitative estimate of drug-likeness (QED) is 0.816. The van der Waals surface area contributed by atoms with Crippen LogP contribution in [0.2, 0.25) is 0 Å². The molecule has 0 aromatic heterocycles. The van der Waals surface area contributed by atoms with E-state index in [1.165, 1.54) is 12.1 Å². The van der Waals surface area contributed by atoms with Gasteiger partial charge in [0.2, 0.25) is 5.78 Å². The van der Waals surface area contributed by atoms with Crippen molar-refractivity contribution in [2.24, 2.45) is 0 Å². The Labute approximate surface area is 121 Å². The molecular weight excluding hydrogens is 268 g/mol. The van der Waals surface area contributed by atoms with Crippen molar-refractivity contribution in [1.82, 2.24) is 0 Å². The Morgan fingerprint density at radius 2 is 2.00 bits per heavy atom. The molecule has 0 bridgehead atoms. The van der Waals surface area contributed by atoms with Crippen molar-refractivity contribution in [3.63, 3.8) is 0 Å². The number of hydrogen-bond donors (Lipinski definition) is 1. The smallest absolute Gasteiger partial charge is 0.231 e. The zero-order valence-corrected chi connectivity index (χ0v) is 11.1. The minimum Gasteiger partial charge on any atom is -0.508 e. The van der Waals surface area contributed by atoms with Gasteiger partial charge in [-0.05, 0) is 41.5 Å². The molecule has 21 heavy (non-hydrogen) atoms. The largest absolute Gasteiger partial charge is 0.508 e. The third-order valence-electron chi connectivity index (χ3n) is 3.66. The highest BCUT2D eigenvalue weighted by atomic mass is 16.5. The molecule has 0 spiro atoms. The van der Waals surface area contributed by atoms with Crippen LogP contribution in [0.15, 0.2) is 42.2 Å². The number of hydrogen-bond acceptors (Lipinski definition) is 4. The number of ketones is 1. The average Bonchev–Trinajstić information content (AvgIpc) is 3.04. The Balaban J connectivity index is 1.70. The number of Topliss-reactive ketones (excluding diaryl/α,β-unsaturated/α-hetero) is 1. The maximum absolute atomic E-state index is 12.2. The molecule has 0 saturated carbocycles. The van der Waals surface area contributed by atoms with E-state index in [9.17, 15) is 9.90 Å². The molecule has 2 heterocycles. The molecule has 0 saturated heterocycles. The van der Waals surface area contributed by atoms with Gasteiger partial charge >= 0.3 is 0 Å². The molecule has 0 unspecified atom stereocenters. The van der Waals surface area contributed by atoms with Gasteiger partial charge in [0, 0.05) is 12.5 Å². The molecule has 4 heteroatoms. The van der Waals surface area contributed by atoms with Crippen molar-refractivity contribution in [2.45, 2.75) is 6.42 Å². The van der Waals surface area contributed by atoms with Crippen LogP contribution in [0.5, 0.6) is 17.2 Å². The topological polar surface area (TPSA) is 55.8 Å². The van der Waals surface area contributed by atoms with Crippen LogP contribution in [0.3, 0.4) is 0 Å². The number of rotatable bonds is 1. The van der Waals surface area contributed by atoms with Crippen molar-refractivity contribution in [3.05, 3.63) is 58.8 Å². The molecule has 4 nitrogen and oxygen atoms in total. The number of benzene rings is 2. The Hall–Kier alpha value is -2.75. The molecular formula is C17H12O4. The lowest BCUT2D eigenvalue weighted by molar-refractivity contribution is 0.101. The third kappa shape index (κ3) is 1.96. The van der Waals surface area contributed by atoms with E-state index in [-0.39, 0.29) is 17.3 Å². The van der Waals surface area contributed by atoms with Gasteiger partial charge in [-0.1, -0.05) is 6.07 Å². The summed E-state index contributed by atoms with van der Waals surface area (Å²) in [5.41, 5.74) is 2.52. The van der Waals surface area contributed by atoms with Gasteiger partial charge in [-0.2, -0.15) is 0 Å². The highest BCUT2D eigenvalue weighted by Crippen LogP contribution is 2.35. The number of ether oxygens (including phenoxy) is 2. The van der Waals surface area contributed by atoms with Crippen LogP contribution >= 0.6 is 0 Å². The maximum atomic E-state index is 12.2. The predicted octanol–water partition coefficient (Wildman–Crippen LogP) is 2.94. The summed E-state index contributed by atoms with van der Waals surface area (Å²) in [6.45, 7) is 0.704. The summed E-state index contributed by atoms with van der Waals surface area (Å²) in [5, 5.41) is 9.44. The van der Waals surface area contributed by atoms with Gasteiger partial charge in [-0.3, -0.25) is 4.79 Å². The van der Waals surface area contributed by atoms with Crippen LogP contribution in [0.25, 0.3) is 6.08 Å². The van der Waals surface area contributed by atoms with E-state index in [2.05, 4.69) is 0 Å². The van der Waals surface area contributed by atoms with E-state index in [0.29, 0.717) is 17.9 Å². The lowest BCUT2D eigenvalue weighted by Gasteiger charge is -2.01. The normalized spacial score (nSPS) is 17.3. The predicted molar refractivity (Wildman–Crippen MR) is 76.7 cm³/mol. The molecule has 4 rings (SSSR count). The van der Waals surface area contributed by atoms with E-state index in [1.807, 2.05) is 18.2 Å². The first-order valence-electron chi connectivity index (χ1n) is 6.74. The summed E-state index contributed by atoms with van der Waals surface area (Å²) in [5.74, 6) is 1.49. The molecule has 0 amide bonds. The van der Waals surface area contributed by atoms with Gasteiger partial charge in [0.15, 0.2) is 5.76 Å². The van der Waals surface area contributed by atoms with Crippen molar-refractivity contribution < 1.29 is 19.4 Å². The Morgan fingerprint density at radius 1 is 1.10 bits per heavy atom. The Morgan fingerprint density at radius 3 is 2.90 bits per heavy atom. The van der Waals surface area contributed by atoms with Crippen LogP contribution in [-0.2, 0) is 6.42 Å². The highest BCUT2D eigenvalue weighted by Gasteiger charge is 2.27. The van der Waals surface area contributed by atoms with Crippen molar-refractivity contribution in [2.75, 3.05) is 6.61 Å². The summed E-state index contributed by atoms with van der Waals surface area (Å²) in [4.78, 5) is 12.2. The summed E-state index contributed by atoms with van der Waals surface area (Å²) in [6, 6.07) is 10.3. The molecule has 0 atom stereocenters. The van der Waals surface area contributed by atoms with E-state index < -0.39 is 0 Å². The Kier molecular flexibility index (Phi) is 2.51. The maximum Gasteiger partial charge on any atom is 0.231 e. The highest BCUT2D eigenvalue weighted by molar-refractivity contribution is 6.14. The summed E-state index contributed by atoms with van der Waals surface area (Å²) in [7, 11) is 0. The van der Waals surface area contributed by atoms with Gasteiger partial charge < -0.3 is 14.6 Å². The minimum absolute atomic E-state index is 0.0810. The van der Waals surface area contributed by atoms with Crippen LogP contribution in [0.1, 0.15) is 21.5 Å². The van der Waals surface area contributed by atoms with E-state index >= 15 is 0 Å². The second kappa shape index (κ2) is 4.38. The molecule has 2 aromatic rings. The number of carbonyl (C=O) groups is 1. The van der Waals surface area contributed by atoms with Crippen molar-refractivity contribution >= 4 is 11.9 Å². The number of fused-ring (bicyclic) bond motifs is 2. The Bertz CT molecular complexity index is 789. The lowest BCUT2D eigenvalue weighted by atomic mass is 10.1. The first-order chi connectivity index (χ1) is 10.2. The second-order valence-corrected chi connectivity index (χ2v) is 5.09. The van der Waals surface area contributed by atoms with E-state index in [4.69, 9.17) is 9.47 Å². The first kappa shape index (κ1) is 12.0. The molecule has 2 aliphatic rings. The van der Waals surface area contributed by atoms with Crippen molar-refractivity contribution in [3.8, 4) is 17.2 Å². The fraction of sp³-hybridized carbons (Fsp3) is 0.118. The average molecular weight is 280 g/mol. The summed E-state index contributed by atoms with van der Waals surface area (Å²) < 4.78 is 11.0. The molecule has 104 valence electrons. The fourth-order valence-corrected chi connectivity index (χ4v) is 2.62. The fourth-order valence-electron chi connectivity index (χ4n) is 2.62. The third-order valence-corrected chi connectivity index (χ3v) is 3.66. The zero-order valence-electron chi connectivity index (χ0n) is 11.1. The van der Waals surface area contributed by atoms with Gasteiger partial charge in [-0.15, -0.1) is 0 Å². The van der Waals surface area contributed by atoms with Crippen LogP contribution in [0.4, 0.5) is 0 Å². The number of phenolic OH excluding ortho intramolecular Hbond substituents is 1. The van der Waals surface area contributed by atoms with Crippen molar-refractivity contribution in [1.29, 1.82) is 0 Å². The molecule has 1 N–H and O–H groups in total. The summed E-state index contributed by atoms with van der Waals surface area (Å²) >= 11 is 0. The van der Waals surface area contributed by atoms with Gasteiger partial charge in [0.25, 0.3) is 0 Å². The number of aromatic hydroxyl groups is 1. The zero-order chi connectivity index (χ0) is 14.4. The van der Waals surface area contributed by atoms with Crippen LogP contribution < -0.4 is 9.47 Å². The van der Waals surface area contributed by atoms with Crippen LogP contribution in [0, 0.1) is 0 Å². The molecule has 2 aromatic carbocycles. The van der Waals surface area contributed by atoms with E-state index in [0.717, 1.165) is 23.3 Å². The molecule has 0 radical (unpaired) electrons. The van der Waals surface area contributed by atoms with Gasteiger partial charge in [-0.25, -0.2) is 0 Å². The van der Waals surface area contributed by atoms with Gasteiger partial charge in [0.05, 0.1) is 12.2 Å². The number of carbonyl (C=O) groups excluding carboxylic acids is 1. The molecule has 0 fully saturated rings. The van der Waals surface area contributed by atoms with Gasteiger partial charge in [0.1, 0.15) is 17.2 Å². The standard InChI is InChI=1S/C17H12O4/c18-12-2-3-13-15(9-12)21-16(17(13)19)8-10-1-4-14-11(7-10)5-6-20-14/h1-4,7-9,18H,5-6H2/b16-8-. The SMILES string of the molecule is O=C1/C(=C/c2ccc3c(c2)CCO3)Oc2cc(O)ccc21. The molecule has 2 aliphatic heterocycles. The monoisotopic (exact) mass is 280 g/mol. The number of allylic oxidation sites excluding steroid dienone is 1. The summed E-state index contributed by atoms with van der Waals surface area (Å²) in [6.07, 6.45) is 2.60. The van der Waals surface area contributed by atoms with Crippen LogP contribution in [-0.4, -0.2) is 17.5 Å².